The number of aliphatic hydroxyl groups excluding tert-OH is 1. The summed E-state index contributed by atoms with van der Waals surface area (Å²) in [5.41, 5.74) is 0. The lowest BCUT2D eigenvalue weighted by molar-refractivity contribution is 0.208. The van der Waals surface area contributed by atoms with Crippen molar-refractivity contribution in [2.24, 2.45) is 0 Å². The number of hydrogen-bond acceptors (Lipinski definition) is 3. The number of nitrogens with zero attached hydrogens (tertiary/aromatic N) is 1. The summed E-state index contributed by atoms with van der Waals surface area (Å²) in [7, 11) is 0. The van der Waals surface area contributed by atoms with Crippen LogP contribution in [0.3, 0.4) is 0 Å². The molecule has 72 valence electrons. The van der Waals surface area contributed by atoms with E-state index in [1.165, 1.54) is 6.07 Å². The monoisotopic (exact) mass is 296 g/mol. The number of aromatic nitrogens is 1. The van der Waals surface area contributed by atoms with Gasteiger partial charge < -0.3 is 10.4 Å². The molecule has 0 aliphatic carbocycles. The minimum atomic E-state index is -0.442. The molecule has 1 heterocycles. The lowest BCUT2D eigenvalue weighted by Crippen LogP contribution is -2.16. The van der Waals surface area contributed by atoms with Crippen molar-refractivity contribution < 1.29 is 9.50 Å². The van der Waals surface area contributed by atoms with Gasteiger partial charge in [0.05, 0.1) is 15.9 Å². The Kier molecular flexibility index (Phi) is 3.86. The number of halogens is 2. The van der Waals surface area contributed by atoms with Crippen LogP contribution < -0.4 is 5.32 Å². The molecule has 0 fully saturated rings. The van der Waals surface area contributed by atoms with Crippen LogP contribution in [0.2, 0.25) is 0 Å². The molecule has 0 spiro atoms. The topological polar surface area (TPSA) is 45.1 Å². The van der Waals surface area contributed by atoms with Crippen molar-refractivity contribution >= 4 is 28.4 Å². The number of aliphatic hydroxyl groups is 1. The average Bonchev–Trinajstić information content (AvgIpc) is 2.02. The van der Waals surface area contributed by atoms with E-state index in [4.69, 9.17) is 5.11 Å². The normalized spacial score (nSPS) is 12.6. The summed E-state index contributed by atoms with van der Waals surface area (Å²) in [6.07, 6.45) is 0.703. The second kappa shape index (κ2) is 4.71. The van der Waals surface area contributed by atoms with Gasteiger partial charge in [-0.2, -0.15) is 0 Å². The van der Waals surface area contributed by atoms with Crippen molar-refractivity contribution in [3.63, 3.8) is 0 Å². The van der Waals surface area contributed by atoms with Crippen LogP contribution in [0.1, 0.15) is 6.92 Å². The molecule has 5 heteroatoms. The number of pyridine rings is 1. The van der Waals surface area contributed by atoms with Crippen LogP contribution in [-0.4, -0.2) is 22.7 Å². The molecule has 1 atom stereocenters. The lowest BCUT2D eigenvalue weighted by atomic mass is 10.4. The van der Waals surface area contributed by atoms with Crippen LogP contribution in [0.4, 0.5) is 10.2 Å². The van der Waals surface area contributed by atoms with Crippen LogP contribution >= 0.6 is 22.6 Å². The largest absolute Gasteiger partial charge is 0.392 e. The first-order valence-corrected chi connectivity index (χ1v) is 4.90. The van der Waals surface area contributed by atoms with Gasteiger partial charge in [0, 0.05) is 6.54 Å². The SMILES string of the molecule is C[C@H](O)CNc1ncc(F)cc1I. The molecule has 0 bridgehead atoms. The predicted octanol–water partition coefficient (Wildman–Crippen LogP) is 1.62. The summed E-state index contributed by atoms with van der Waals surface area (Å²) in [6.45, 7) is 2.08. The highest BCUT2D eigenvalue weighted by atomic mass is 127. The first kappa shape index (κ1) is 10.6. The molecule has 1 aromatic heterocycles. The molecule has 0 aliphatic rings. The molecule has 1 aromatic rings. The molecular weight excluding hydrogens is 286 g/mol. The third kappa shape index (κ3) is 3.43. The summed E-state index contributed by atoms with van der Waals surface area (Å²) in [5, 5.41) is 11.9. The molecule has 0 saturated heterocycles. The Morgan fingerprint density at radius 3 is 3.00 bits per heavy atom. The van der Waals surface area contributed by atoms with E-state index in [0.29, 0.717) is 15.9 Å². The minimum Gasteiger partial charge on any atom is -0.392 e. The van der Waals surface area contributed by atoms with Crippen LogP contribution in [-0.2, 0) is 0 Å². The van der Waals surface area contributed by atoms with Gasteiger partial charge in [-0.1, -0.05) is 0 Å². The zero-order chi connectivity index (χ0) is 9.84. The molecule has 0 unspecified atom stereocenters. The fraction of sp³-hybridized carbons (Fsp3) is 0.375. The maximum absolute atomic E-state index is 12.6. The summed E-state index contributed by atoms with van der Waals surface area (Å²) >= 11 is 1.99. The fourth-order valence-corrected chi connectivity index (χ4v) is 1.42. The number of anilines is 1. The van der Waals surface area contributed by atoms with Crippen molar-refractivity contribution in [3.8, 4) is 0 Å². The summed E-state index contributed by atoms with van der Waals surface area (Å²) in [6, 6.07) is 1.39. The van der Waals surface area contributed by atoms with Crippen molar-refractivity contribution in [1.82, 2.24) is 4.98 Å². The van der Waals surface area contributed by atoms with Crippen molar-refractivity contribution in [2.45, 2.75) is 13.0 Å². The molecule has 13 heavy (non-hydrogen) atoms. The van der Waals surface area contributed by atoms with Crippen molar-refractivity contribution in [3.05, 3.63) is 21.7 Å². The van der Waals surface area contributed by atoms with E-state index in [2.05, 4.69) is 10.3 Å². The quantitative estimate of drug-likeness (QED) is 0.833. The Bertz CT molecular complexity index is 293. The van der Waals surface area contributed by atoms with Gasteiger partial charge in [0.1, 0.15) is 11.6 Å². The summed E-state index contributed by atoms with van der Waals surface area (Å²) in [5.74, 6) is 0.245. The Balaban J connectivity index is 2.67. The van der Waals surface area contributed by atoms with Crippen LogP contribution in [0.15, 0.2) is 12.3 Å². The van der Waals surface area contributed by atoms with Gasteiger partial charge in [0.15, 0.2) is 0 Å². The predicted molar refractivity (Wildman–Crippen MR) is 57.1 cm³/mol. The van der Waals surface area contributed by atoms with E-state index in [-0.39, 0.29) is 5.82 Å². The first-order valence-electron chi connectivity index (χ1n) is 3.82. The van der Waals surface area contributed by atoms with Gasteiger partial charge >= 0.3 is 0 Å². The molecule has 0 radical (unpaired) electrons. The molecule has 2 N–H and O–H groups in total. The number of nitrogens with one attached hydrogen (secondary N) is 1. The van der Waals surface area contributed by atoms with E-state index in [1.54, 1.807) is 6.92 Å². The van der Waals surface area contributed by atoms with Crippen molar-refractivity contribution in [2.75, 3.05) is 11.9 Å². The second-order valence-corrected chi connectivity index (χ2v) is 3.88. The van der Waals surface area contributed by atoms with E-state index in [0.717, 1.165) is 6.20 Å². The maximum Gasteiger partial charge on any atom is 0.142 e. The van der Waals surface area contributed by atoms with E-state index in [9.17, 15) is 4.39 Å². The number of hydrogen-bond donors (Lipinski definition) is 2. The Morgan fingerprint density at radius 2 is 2.46 bits per heavy atom. The first-order chi connectivity index (χ1) is 6.09. The standard InChI is InChI=1S/C8H10FIN2O/c1-5(13)3-11-8-7(10)2-6(9)4-12-8/h2,4-5,13H,3H2,1H3,(H,11,12)/t5-/m0/s1. The van der Waals surface area contributed by atoms with E-state index < -0.39 is 6.10 Å². The maximum atomic E-state index is 12.6. The molecule has 3 nitrogen and oxygen atoms in total. The van der Waals surface area contributed by atoms with E-state index in [1.807, 2.05) is 22.6 Å². The molecule has 0 saturated carbocycles. The summed E-state index contributed by atoms with van der Waals surface area (Å²) < 4.78 is 13.3. The Morgan fingerprint density at radius 1 is 1.77 bits per heavy atom. The fourth-order valence-electron chi connectivity index (χ4n) is 0.789. The van der Waals surface area contributed by atoms with Gasteiger partial charge in [-0.05, 0) is 35.6 Å². The molecule has 0 aromatic carbocycles. The lowest BCUT2D eigenvalue weighted by Gasteiger charge is -2.08. The smallest absolute Gasteiger partial charge is 0.142 e. The highest BCUT2D eigenvalue weighted by molar-refractivity contribution is 14.1. The van der Waals surface area contributed by atoms with E-state index >= 15 is 0 Å². The van der Waals surface area contributed by atoms with Crippen LogP contribution in [0.5, 0.6) is 0 Å². The molecular formula is C8H10FIN2O. The zero-order valence-corrected chi connectivity index (χ0v) is 9.25. The third-order valence-electron chi connectivity index (χ3n) is 1.37. The van der Waals surface area contributed by atoms with Gasteiger partial charge in [-0.15, -0.1) is 0 Å². The van der Waals surface area contributed by atoms with Crippen LogP contribution in [0, 0.1) is 9.39 Å². The third-order valence-corrected chi connectivity index (χ3v) is 2.20. The van der Waals surface area contributed by atoms with Gasteiger partial charge in [-0.3, -0.25) is 0 Å². The molecule has 0 amide bonds. The van der Waals surface area contributed by atoms with Gasteiger partial charge in [0.2, 0.25) is 0 Å². The zero-order valence-electron chi connectivity index (χ0n) is 7.09. The Hall–Kier alpha value is -0.430. The second-order valence-electron chi connectivity index (χ2n) is 2.71. The van der Waals surface area contributed by atoms with Gasteiger partial charge in [0.25, 0.3) is 0 Å². The highest BCUT2D eigenvalue weighted by Gasteiger charge is 2.03. The van der Waals surface area contributed by atoms with Gasteiger partial charge in [-0.25, -0.2) is 9.37 Å². The molecule has 0 aliphatic heterocycles. The summed E-state index contributed by atoms with van der Waals surface area (Å²) in [4.78, 5) is 3.85. The molecule has 1 rings (SSSR count). The van der Waals surface area contributed by atoms with Crippen LogP contribution in [0.25, 0.3) is 0 Å². The number of rotatable bonds is 3. The highest BCUT2D eigenvalue weighted by Crippen LogP contribution is 2.15. The van der Waals surface area contributed by atoms with Crippen molar-refractivity contribution in [1.29, 1.82) is 0 Å². The average molecular weight is 296 g/mol. The minimum absolute atomic E-state index is 0.355. The Labute approximate surface area is 89.5 Å².